The van der Waals surface area contributed by atoms with E-state index in [1.807, 2.05) is 0 Å². The Balaban J connectivity index is 2.20. The van der Waals surface area contributed by atoms with Gasteiger partial charge in [0.25, 0.3) is 0 Å². The van der Waals surface area contributed by atoms with Crippen LogP contribution in [0.5, 0.6) is 0 Å². The molecule has 0 amide bonds. The molecule has 0 aromatic carbocycles. The maximum atomic E-state index is 11.2. The predicted octanol–water partition coefficient (Wildman–Crippen LogP) is -0.246. The third kappa shape index (κ3) is 0.997. The second-order valence-corrected chi connectivity index (χ2v) is 3.30. The van der Waals surface area contributed by atoms with Gasteiger partial charge in [-0.3, -0.25) is 9.59 Å². The molecule has 0 aromatic heterocycles. The van der Waals surface area contributed by atoms with E-state index in [0.717, 1.165) is 13.1 Å². The molecule has 0 spiro atoms. The van der Waals surface area contributed by atoms with E-state index in [1.165, 1.54) is 0 Å². The Labute approximate surface area is 65.2 Å². The van der Waals surface area contributed by atoms with Crippen LogP contribution in [0.3, 0.4) is 0 Å². The normalized spacial score (nSPS) is 37.5. The lowest BCUT2D eigenvalue weighted by atomic mass is 9.80. The zero-order chi connectivity index (χ0) is 7.84. The zero-order valence-corrected chi connectivity index (χ0v) is 6.30. The van der Waals surface area contributed by atoms with E-state index in [1.54, 1.807) is 0 Å². The van der Waals surface area contributed by atoms with Crippen molar-refractivity contribution in [2.24, 2.45) is 11.8 Å². The summed E-state index contributed by atoms with van der Waals surface area (Å²) in [6.07, 6.45) is 0.948. The third-order valence-electron chi connectivity index (χ3n) is 2.66. The number of Topliss-reactive ketones (excluding diaryl/α,β-unsaturated/α-hetero) is 2. The van der Waals surface area contributed by atoms with E-state index >= 15 is 0 Å². The summed E-state index contributed by atoms with van der Waals surface area (Å²) in [7, 11) is 0. The predicted molar refractivity (Wildman–Crippen MR) is 39.1 cm³/mol. The molecule has 0 aromatic rings. The lowest BCUT2D eigenvalue weighted by Gasteiger charge is -2.20. The number of hydrogen-bond donors (Lipinski definition) is 1. The van der Waals surface area contributed by atoms with Gasteiger partial charge in [0, 0.05) is 37.8 Å². The molecule has 60 valence electrons. The van der Waals surface area contributed by atoms with Crippen molar-refractivity contribution < 1.29 is 9.59 Å². The molecule has 3 heteroatoms. The van der Waals surface area contributed by atoms with Crippen LogP contribution in [0.2, 0.25) is 0 Å². The third-order valence-corrected chi connectivity index (χ3v) is 2.66. The molecule has 3 nitrogen and oxygen atoms in total. The van der Waals surface area contributed by atoms with Gasteiger partial charge >= 0.3 is 0 Å². The minimum absolute atomic E-state index is 0.0104. The van der Waals surface area contributed by atoms with E-state index in [-0.39, 0.29) is 23.4 Å². The summed E-state index contributed by atoms with van der Waals surface area (Å²) in [6, 6.07) is 0. The molecular formula is C8H11NO2. The van der Waals surface area contributed by atoms with Crippen molar-refractivity contribution in [1.82, 2.24) is 5.32 Å². The first kappa shape index (κ1) is 6.98. The van der Waals surface area contributed by atoms with E-state index in [2.05, 4.69) is 5.32 Å². The number of nitrogens with one attached hydrogen (secondary N) is 1. The van der Waals surface area contributed by atoms with Crippen molar-refractivity contribution in [3.8, 4) is 0 Å². The SMILES string of the molecule is O=C1CCC(=O)[C@@H]2CNCC12. The number of hydrogen-bond acceptors (Lipinski definition) is 3. The highest BCUT2D eigenvalue weighted by Crippen LogP contribution is 2.26. The molecule has 0 bridgehead atoms. The number of rotatable bonds is 0. The molecule has 1 unspecified atom stereocenters. The molecule has 1 aliphatic heterocycles. The Bertz CT molecular complexity index is 190. The quantitative estimate of drug-likeness (QED) is 0.522. The average molecular weight is 153 g/mol. The van der Waals surface area contributed by atoms with Crippen molar-refractivity contribution in [2.45, 2.75) is 12.8 Å². The van der Waals surface area contributed by atoms with Crippen molar-refractivity contribution >= 4 is 11.6 Å². The van der Waals surface area contributed by atoms with Crippen molar-refractivity contribution in [3.05, 3.63) is 0 Å². The molecule has 2 aliphatic rings. The van der Waals surface area contributed by atoms with E-state index in [4.69, 9.17) is 0 Å². The monoisotopic (exact) mass is 153 g/mol. The van der Waals surface area contributed by atoms with Crippen LogP contribution in [-0.2, 0) is 9.59 Å². The van der Waals surface area contributed by atoms with Crippen LogP contribution in [0.25, 0.3) is 0 Å². The Morgan fingerprint density at radius 1 is 1.00 bits per heavy atom. The van der Waals surface area contributed by atoms with E-state index in [9.17, 15) is 9.59 Å². The first-order valence-corrected chi connectivity index (χ1v) is 4.05. The Morgan fingerprint density at radius 2 is 1.45 bits per heavy atom. The Kier molecular flexibility index (Phi) is 1.53. The topological polar surface area (TPSA) is 46.2 Å². The van der Waals surface area contributed by atoms with Gasteiger partial charge in [-0.15, -0.1) is 0 Å². The summed E-state index contributed by atoms with van der Waals surface area (Å²) in [4.78, 5) is 22.5. The van der Waals surface area contributed by atoms with Crippen molar-refractivity contribution in [2.75, 3.05) is 13.1 Å². The van der Waals surface area contributed by atoms with Crippen LogP contribution in [0.4, 0.5) is 0 Å². The van der Waals surface area contributed by atoms with Gasteiger partial charge in [-0.1, -0.05) is 0 Å². The van der Waals surface area contributed by atoms with E-state index in [0.29, 0.717) is 12.8 Å². The van der Waals surface area contributed by atoms with Crippen LogP contribution in [-0.4, -0.2) is 24.7 Å². The van der Waals surface area contributed by atoms with Gasteiger partial charge in [-0.2, -0.15) is 0 Å². The standard InChI is InChI=1S/C8H11NO2/c10-7-1-2-8(11)6-4-9-3-5(6)7/h5-6,9H,1-4H2/t5-,6?/m1/s1. The minimum Gasteiger partial charge on any atom is -0.315 e. The summed E-state index contributed by atoms with van der Waals surface area (Å²) in [5.74, 6) is 0.576. The van der Waals surface area contributed by atoms with Crippen LogP contribution >= 0.6 is 0 Å². The highest BCUT2D eigenvalue weighted by Gasteiger charge is 2.40. The van der Waals surface area contributed by atoms with Gasteiger partial charge in [0.05, 0.1) is 0 Å². The van der Waals surface area contributed by atoms with Crippen LogP contribution in [0, 0.1) is 11.8 Å². The van der Waals surface area contributed by atoms with Crippen LogP contribution in [0.1, 0.15) is 12.8 Å². The summed E-state index contributed by atoms with van der Waals surface area (Å²) >= 11 is 0. The molecule has 0 radical (unpaired) electrons. The maximum absolute atomic E-state index is 11.2. The molecule has 2 atom stereocenters. The van der Waals surface area contributed by atoms with Crippen molar-refractivity contribution in [3.63, 3.8) is 0 Å². The summed E-state index contributed by atoms with van der Waals surface area (Å²) in [5.41, 5.74) is 0. The summed E-state index contributed by atoms with van der Waals surface area (Å²) in [5, 5.41) is 3.08. The van der Waals surface area contributed by atoms with Gasteiger partial charge in [0.15, 0.2) is 0 Å². The van der Waals surface area contributed by atoms with Crippen LogP contribution < -0.4 is 5.32 Å². The molecule has 1 heterocycles. The van der Waals surface area contributed by atoms with Gasteiger partial charge in [0.2, 0.25) is 0 Å². The highest BCUT2D eigenvalue weighted by atomic mass is 16.1. The first-order valence-electron chi connectivity index (χ1n) is 4.05. The summed E-state index contributed by atoms with van der Waals surface area (Å²) in [6.45, 7) is 1.44. The second-order valence-electron chi connectivity index (χ2n) is 3.30. The first-order chi connectivity index (χ1) is 5.29. The van der Waals surface area contributed by atoms with Crippen LogP contribution in [0.15, 0.2) is 0 Å². The molecule has 1 saturated heterocycles. The fourth-order valence-electron chi connectivity index (χ4n) is 1.97. The largest absolute Gasteiger partial charge is 0.315 e. The molecule has 2 fully saturated rings. The lowest BCUT2D eigenvalue weighted by Crippen LogP contribution is -2.33. The Morgan fingerprint density at radius 3 is 1.91 bits per heavy atom. The molecular weight excluding hydrogens is 142 g/mol. The van der Waals surface area contributed by atoms with Gasteiger partial charge in [-0.25, -0.2) is 0 Å². The number of ketones is 2. The van der Waals surface area contributed by atoms with Crippen molar-refractivity contribution in [1.29, 1.82) is 0 Å². The lowest BCUT2D eigenvalue weighted by molar-refractivity contribution is -0.135. The minimum atomic E-state index is 0.0104. The van der Waals surface area contributed by atoms with Gasteiger partial charge in [0.1, 0.15) is 11.6 Å². The average Bonchev–Trinajstić information content (AvgIpc) is 2.45. The molecule has 11 heavy (non-hydrogen) atoms. The fourth-order valence-corrected chi connectivity index (χ4v) is 1.97. The van der Waals surface area contributed by atoms with Gasteiger partial charge in [-0.05, 0) is 0 Å². The number of fused-ring (bicyclic) bond motifs is 1. The fraction of sp³-hybridized carbons (Fsp3) is 0.750. The molecule has 2 rings (SSSR count). The van der Waals surface area contributed by atoms with Gasteiger partial charge < -0.3 is 5.32 Å². The summed E-state index contributed by atoms with van der Waals surface area (Å²) < 4.78 is 0. The molecule has 1 N–H and O–H groups in total. The number of carbonyl (C=O) groups excluding carboxylic acids is 2. The molecule has 1 aliphatic carbocycles. The Hall–Kier alpha value is -0.700. The smallest absolute Gasteiger partial charge is 0.138 e. The van der Waals surface area contributed by atoms with E-state index < -0.39 is 0 Å². The maximum Gasteiger partial charge on any atom is 0.138 e. The zero-order valence-electron chi connectivity index (χ0n) is 6.30. The number of carbonyl (C=O) groups is 2. The second kappa shape index (κ2) is 2.41. The highest BCUT2D eigenvalue weighted by molar-refractivity contribution is 5.97. The molecule has 1 saturated carbocycles.